The van der Waals surface area contributed by atoms with Gasteiger partial charge in [-0.2, -0.15) is 5.26 Å². The first-order chi connectivity index (χ1) is 11.8. The van der Waals surface area contributed by atoms with E-state index in [2.05, 4.69) is 35.2 Å². The SMILES string of the molecule is N#Cc1ccc(N2CCC(N3CCCc4ccccc43)C2=O)cc1. The number of amides is 1. The number of fused-ring (bicyclic) bond motifs is 1. The van der Waals surface area contributed by atoms with Crippen molar-refractivity contribution < 1.29 is 4.79 Å². The molecule has 1 amide bonds. The van der Waals surface area contributed by atoms with Crippen molar-refractivity contribution in [2.75, 3.05) is 22.9 Å². The normalized spacial score (nSPS) is 20.0. The summed E-state index contributed by atoms with van der Waals surface area (Å²) in [6, 6.07) is 17.7. The fourth-order valence-electron chi connectivity index (χ4n) is 3.81. The zero-order valence-electron chi connectivity index (χ0n) is 13.5. The van der Waals surface area contributed by atoms with E-state index in [1.165, 1.54) is 11.3 Å². The first-order valence-corrected chi connectivity index (χ1v) is 8.44. The zero-order chi connectivity index (χ0) is 16.5. The van der Waals surface area contributed by atoms with Crippen LogP contribution in [0.25, 0.3) is 0 Å². The highest BCUT2D eigenvalue weighted by atomic mass is 16.2. The highest BCUT2D eigenvalue weighted by Gasteiger charge is 2.38. The lowest BCUT2D eigenvalue weighted by Gasteiger charge is -2.35. The van der Waals surface area contributed by atoms with Gasteiger partial charge in [-0.15, -0.1) is 0 Å². The molecule has 1 atom stereocenters. The highest BCUT2D eigenvalue weighted by Crippen LogP contribution is 2.33. The molecular weight excluding hydrogens is 298 g/mol. The lowest BCUT2D eigenvalue weighted by Crippen LogP contribution is -2.44. The fourth-order valence-corrected chi connectivity index (χ4v) is 3.81. The van der Waals surface area contributed by atoms with Gasteiger partial charge in [0.2, 0.25) is 5.91 Å². The Hall–Kier alpha value is -2.80. The largest absolute Gasteiger partial charge is 0.359 e. The van der Waals surface area contributed by atoms with Crippen molar-refractivity contribution in [2.24, 2.45) is 0 Å². The van der Waals surface area contributed by atoms with Crippen molar-refractivity contribution in [2.45, 2.75) is 25.3 Å². The molecule has 0 bridgehead atoms. The Morgan fingerprint density at radius 3 is 2.62 bits per heavy atom. The Bertz CT molecular complexity index is 806. The van der Waals surface area contributed by atoms with E-state index in [-0.39, 0.29) is 11.9 Å². The molecular formula is C20H19N3O. The summed E-state index contributed by atoms with van der Waals surface area (Å²) in [6.07, 6.45) is 3.03. The highest BCUT2D eigenvalue weighted by molar-refractivity contribution is 6.01. The minimum absolute atomic E-state index is 0.0814. The lowest BCUT2D eigenvalue weighted by molar-refractivity contribution is -0.118. The van der Waals surface area contributed by atoms with E-state index in [1.54, 1.807) is 12.1 Å². The van der Waals surface area contributed by atoms with Gasteiger partial charge in [-0.25, -0.2) is 0 Å². The summed E-state index contributed by atoms with van der Waals surface area (Å²) in [5.74, 6) is 0.163. The molecule has 0 spiro atoms. The number of rotatable bonds is 2. The van der Waals surface area contributed by atoms with Gasteiger partial charge in [0.1, 0.15) is 6.04 Å². The number of hydrogen-bond donors (Lipinski definition) is 0. The monoisotopic (exact) mass is 317 g/mol. The van der Waals surface area contributed by atoms with E-state index < -0.39 is 0 Å². The maximum Gasteiger partial charge on any atom is 0.249 e. The van der Waals surface area contributed by atoms with E-state index in [4.69, 9.17) is 5.26 Å². The molecule has 0 aliphatic carbocycles. The second kappa shape index (κ2) is 6.01. The average molecular weight is 317 g/mol. The third-order valence-corrected chi connectivity index (χ3v) is 5.01. The van der Waals surface area contributed by atoms with Crippen molar-refractivity contribution in [3.8, 4) is 6.07 Å². The zero-order valence-corrected chi connectivity index (χ0v) is 13.5. The van der Waals surface area contributed by atoms with Crippen molar-refractivity contribution in [3.05, 3.63) is 59.7 Å². The van der Waals surface area contributed by atoms with Crippen LogP contribution in [0.4, 0.5) is 11.4 Å². The molecule has 1 saturated heterocycles. The van der Waals surface area contributed by atoms with Gasteiger partial charge in [0.15, 0.2) is 0 Å². The first-order valence-electron chi connectivity index (χ1n) is 8.44. The number of aryl methyl sites for hydroxylation is 1. The van der Waals surface area contributed by atoms with E-state index in [9.17, 15) is 4.79 Å². The second-order valence-electron chi connectivity index (χ2n) is 6.38. The summed E-state index contributed by atoms with van der Waals surface area (Å²) in [5.41, 5.74) is 4.05. The van der Waals surface area contributed by atoms with Crippen LogP contribution in [0.1, 0.15) is 24.0 Å². The van der Waals surface area contributed by atoms with E-state index in [0.717, 1.165) is 38.0 Å². The van der Waals surface area contributed by atoms with Gasteiger partial charge in [0.25, 0.3) is 0 Å². The number of benzene rings is 2. The summed E-state index contributed by atoms with van der Waals surface area (Å²) in [7, 11) is 0. The Balaban J connectivity index is 1.59. The Morgan fingerprint density at radius 2 is 1.83 bits per heavy atom. The van der Waals surface area contributed by atoms with Gasteiger partial charge in [0, 0.05) is 24.5 Å². The summed E-state index contributed by atoms with van der Waals surface area (Å²) in [5, 5.41) is 8.91. The van der Waals surface area contributed by atoms with Gasteiger partial charge >= 0.3 is 0 Å². The molecule has 2 aromatic carbocycles. The van der Waals surface area contributed by atoms with Gasteiger partial charge in [-0.05, 0) is 55.2 Å². The molecule has 4 nitrogen and oxygen atoms in total. The van der Waals surface area contributed by atoms with Crippen LogP contribution in [0.5, 0.6) is 0 Å². The number of nitrogens with zero attached hydrogens (tertiary/aromatic N) is 3. The molecule has 0 aromatic heterocycles. The van der Waals surface area contributed by atoms with Crippen molar-refractivity contribution in [1.29, 1.82) is 5.26 Å². The molecule has 1 fully saturated rings. The average Bonchev–Trinajstić information content (AvgIpc) is 3.02. The van der Waals surface area contributed by atoms with Crippen molar-refractivity contribution in [1.82, 2.24) is 0 Å². The quantitative estimate of drug-likeness (QED) is 0.855. The van der Waals surface area contributed by atoms with Crippen LogP contribution in [0.2, 0.25) is 0 Å². The summed E-state index contributed by atoms with van der Waals surface area (Å²) < 4.78 is 0. The van der Waals surface area contributed by atoms with Gasteiger partial charge in [0.05, 0.1) is 11.6 Å². The van der Waals surface area contributed by atoms with Crippen molar-refractivity contribution >= 4 is 17.3 Å². The second-order valence-corrected chi connectivity index (χ2v) is 6.38. The van der Waals surface area contributed by atoms with Crippen LogP contribution in [0.3, 0.4) is 0 Å². The topological polar surface area (TPSA) is 47.3 Å². The lowest BCUT2D eigenvalue weighted by atomic mass is 9.99. The van der Waals surface area contributed by atoms with E-state index in [1.807, 2.05) is 17.0 Å². The number of nitriles is 1. The molecule has 1 unspecified atom stereocenters. The molecule has 4 rings (SSSR count). The molecule has 2 aromatic rings. The minimum atomic E-state index is -0.0814. The maximum absolute atomic E-state index is 13.0. The molecule has 0 saturated carbocycles. The van der Waals surface area contributed by atoms with Crippen molar-refractivity contribution in [3.63, 3.8) is 0 Å². The molecule has 4 heteroatoms. The molecule has 2 aliphatic heterocycles. The summed E-state index contributed by atoms with van der Waals surface area (Å²) in [6.45, 7) is 1.67. The molecule has 24 heavy (non-hydrogen) atoms. The maximum atomic E-state index is 13.0. The fraction of sp³-hybridized carbons (Fsp3) is 0.300. The molecule has 2 heterocycles. The van der Waals surface area contributed by atoms with Crippen LogP contribution in [-0.4, -0.2) is 25.0 Å². The number of carbonyl (C=O) groups excluding carboxylic acids is 1. The summed E-state index contributed by atoms with van der Waals surface area (Å²) in [4.78, 5) is 17.1. The number of hydrogen-bond acceptors (Lipinski definition) is 3. The molecule has 0 N–H and O–H groups in total. The Morgan fingerprint density at radius 1 is 1.04 bits per heavy atom. The predicted molar refractivity (Wildman–Crippen MR) is 94.0 cm³/mol. The Kier molecular flexibility index (Phi) is 3.70. The molecule has 0 radical (unpaired) electrons. The standard InChI is InChI=1S/C20H19N3O/c21-14-15-7-9-17(10-8-15)22-13-11-19(20(22)24)23-12-3-5-16-4-1-2-6-18(16)23/h1-2,4,6-10,19H,3,5,11-13H2. The minimum Gasteiger partial charge on any atom is -0.359 e. The third-order valence-electron chi connectivity index (χ3n) is 5.01. The van der Waals surface area contributed by atoms with Gasteiger partial charge in [-0.1, -0.05) is 18.2 Å². The van der Waals surface area contributed by atoms with Crippen LogP contribution < -0.4 is 9.80 Å². The van der Waals surface area contributed by atoms with Crippen LogP contribution in [-0.2, 0) is 11.2 Å². The molecule has 2 aliphatic rings. The summed E-state index contributed by atoms with van der Waals surface area (Å²) >= 11 is 0. The van der Waals surface area contributed by atoms with E-state index >= 15 is 0 Å². The predicted octanol–water partition coefficient (Wildman–Crippen LogP) is 3.12. The van der Waals surface area contributed by atoms with Gasteiger partial charge in [-0.3, -0.25) is 4.79 Å². The van der Waals surface area contributed by atoms with E-state index in [0.29, 0.717) is 5.56 Å². The third kappa shape index (κ3) is 2.43. The number of para-hydroxylation sites is 1. The number of carbonyl (C=O) groups is 1. The van der Waals surface area contributed by atoms with Crippen LogP contribution >= 0.6 is 0 Å². The smallest absolute Gasteiger partial charge is 0.249 e. The van der Waals surface area contributed by atoms with Gasteiger partial charge < -0.3 is 9.80 Å². The number of anilines is 2. The van der Waals surface area contributed by atoms with Crippen LogP contribution in [0.15, 0.2) is 48.5 Å². The Labute approximate surface area is 141 Å². The molecule has 120 valence electrons. The van der Waals surface area contributed by atoms with Crippen LogP contribution in [0, 0.1) is 11.3 Å². The first kappa shape index (κ1) is 14.8.